The van der Waals surface area contributed by atoms with E-state index in [2.05, 4.69) is 9.80 Å². The molecule has 0 N–H and O–H groups in total. The quantitative estimate of drug-likeness (QED) is 0.372. The summed E-state index contributed by atoms with van der Waals surface area (Å²) in [5, 5.41) is 6.21. The smallest absolute Gasteiger partial charge is 0.357 e. The Bertz CT molecular complexity index is 1290. The van der Waals surface area contributed by atoms with Gasteiger partial charge in [-0.3, -0.25) is 4.90 Å². The van der Waals surface area contributed by atoms with Crippen molar-refractivity contribution in [2.45, 2.75) is 64.8 Å². The first kappa shape index (κ1) is 28.4. The maximum Gasteiger partial charge on any atom is 0.357 e. The molecule has 0 amide bonds. The summed E-state index contributed by atoms with van der Waals surface area (Å²) in [4.78, 5) is 22.8. The Kier molecular flexibility index (Phi) is 9.22. The lowest BCUT2D eigenvalue weighted by Crippen LogP contribution is -2.49. The van der Waals surface area contributed by atoms with E-state index in [-0.39, 0.29) is 0 Å². The summed E-state index contributed by atoms with van der Waals surface area (Å²) in [7, 11) is 1.66. The highest BCUT2D eigenvalue weighted by Crippen LogP contribution is 2.43. The van der Waals surface area contributed by atoms with Crippen LogP contribution in [-0.4, -0.2) is 84.8 Å². The number of morpholine rings is 1. The molecule has 3 fully saturated rings. The van der Waals surface area contributed by atoms with Gasteiger partial charge < -0.3 is 19.1 Å². The SMILES string of the molecule is CC.CCOC(=O)c1cc(N2CCC(N3CCOCC3)CC2)c2c(C3CCC3)nn(-c3cccc(OC)c3)c2n1. The van der Waals surface area contributed by atoms with Crippen LogP contribution in [0, 0.1) is 0 Å². The minimum absolute atomic E-state index is 0.307. The van der Waals surface area contributed by atoms with Crippen molar-refractivity contribution >= 4 is 22.7 Å². The maximum atomic E-state index is 13.0. The first-order valence-electron chi connectivity index (χ1n) is 15.0. The number of benzene rings is 1. The zero-order chi connectivity index (χ0) is 28.1. The van der Waals surface area contributed by atoms with E-state index in [0.717, 1.165) is 93.3 Å². The Morgan fingerprint density at radius 1 is 1.05 bits per heavy atom. The van der Waals surface area contributed by atoms with E-state index in [9.17, 15) is 4.79 Å². The lowest BCUT2D eigenvalue weighted by Gasteiger charge is -2.41. The van der Waals surface area contributed by atoms with Crippen LogP contribution in [0.15, 0.2) is 30.3 Å². The number of hydrogen-bond acceptors (Lipinski definition) is 8. The minimum atomic E-state index is -0.401. The number of esters is 1. The van der Waals surface area contributed by atoms with E-state index in [4.69, 9.17) is 24.3 Å². The molecule has 3 aliphatic rings. The Morgan fingerprint density at radius 2 is 1.80 bits per heavy atom. The minimum Gasteiger partial charge on any atom is -0.497 e. The zero-order valence-electron chi connectivity index (χ0n) is 24.4. The number of rotatable bonds is 7. The molecule has 40 heavy (non-hydrogen) atoms. The van der Waals surface area contributed by atoms with Gasteiger partial charge in [-0.15, -0.1) is 0 Å². The number of piperidine rings is 1. The van der Waals surface area contributed by atoms with Crippen LogP contribution in [-0.2, 0) is 9.47 Å². The van der Waals surface area contributed by atoms with Gasteiger partial charge in [-0.25, -0.2) is 14.5 Å². The highest BCUT2D eigenvalue weighted by molar-refractivity contribution is 5.99. The number of hydrogen-bond donors (Lipinski definition) is 0. The fraction of sp³-hybridized carbons (Fsp3) is 0.581. The molecule has 216 valence electrons. The van der Waals surface area contributed by atoms with Crippen LogP contribution >= 0.6 is 0 Å². The molecule has 0 unspecified atom stereocenters. The largest absolute Gasteiger partial charge is 0.497 e. The predicted octanol–water partition coefficient (Wildman–Crippen LogP) is 5.20. The van der Waals surface area contributed by atoms with Crippen molar-refractivity contribution in [2.24, 2.45) is 0 Å². The van der Waals surface area contributed by atoms with Gasteiger partial charge in [-0.1, -0.05) is 26.3 Å². The third-order valence-corrected chi connectivity index (χ3v) is 8.29. The molecule has 6 rings (SSSR count). The highest BCUT2D eigenvalue weighted by Gasteiger charge is 2.32. The van der Waals surface area contributed by atoms with Gasteiger partial charge in [0.05, 0.1) is 49.4 Å². The number of anilines is 1. The molecule has 1 aromatic carbocycles. The number of carbonyl (C=O) groups is 1. The summed E-state index contributed by atoms with van der Waals surface area (Å²) in [5.74, 6) is 0.759. The second-order valence-electron chi connectivity index (χ2n) is 10.4. The van der Waals surface area contributed by atoms with E-state index < -0.39 is 5.97 Å². The van der Waals surface area contributed by atoms with Crippen LogP contribution in [0.4, 0.5) is 5.69 Å². The fourth-order valence-electron chi connectivity index (χ4n) is 5.99. The molecule has 1 saturated carbocycles. The Labute approximate surface area is 237 Å². The fourth-order valence-corrected chi connectivity index (χ4v) is 5.99. The Morgan fingerprint density at radius 3 is 2.45 bits per heavy atom. The average molecular weight is 550 g/mol. The molecule has 4 heterocycles. The molecular formula is C31H43N5O4. The third-order valence-electron chi connectivity index (χ3n) is 8.29. The van der Waals surface area contributed by atoms with Crippen LogP contribution in [0.3, 0.4) is 0 Å². The predicted molar refractivity (Wildman–Crippen MR) is 157 cm³/mol. The van der Waals surface area contributed by atoms with Crippen LogP contribution in [0.25, 0.3) is 16.7 Å². The zero-order valence-corrected chi connectivity index (χ0v) is 24.4. The maximum absolute atomic E-state index is 13.0. The summed E-state index contributed by atoms with van der Waals surface area (Å²) >= 11 is 0. The Balaban J connectivity index is 0.00000158. The molecule has 0 spiro atoms. The van der Waals surface area contributed by atoms with Crippen LogP contribution in [0.1, 0.15) is 75.0 Å². The molecular weight excluding hydrogens is 506 g/mol. The number of carbonyl (C=O) groups excluding carboxylic acids is 1. The van der Waals surface area contributed by atoms with Gasteiger partial charge in [0.1, 0.15) is 5.75 Å². The van der Waals surface area contributed by atoms with Crippen molar-refractivity contribution in [1.82, 2.24) is 19.7 Å². The summed E-state index contributed by atoms with van der Waals surface area (Å²) in [5.41, 5.74) is 4.03. The van der Waals surface area contributed by atoms with Crippen molar-refractivity contribution in [3.05, 3.63) is 41.7 Å². The van der Waals surface area contributed by atoms with E-state index in [1.165, 1.54) is 6.42 Å². The first-order chi connectivity index (χ1) is 19.7. The van der Waals surface area contributed by atoms with Crippen molar-refractivity contribution in [3.8, 4) is 11.4 Å². The first-order valence-corrected chi connectivity index (χ1v) is 15.0. The topological polar surface area (TPSA) is 82.0 Å². The van der Waals surface area contributed by atoms with E-state index in [1.54, 1.807) is 7.11 Å². The molecule has 0 bridgehead atoms. The second kappa shape index (κ2) is 13.0. The number of fused-ring (bicyclic) bond motifs is 1. The number of ether oxygens (including phenoxy) is 3. The number of aromatic nitrogens is 3. The third kappa shape index (κ3) is 5.67. The van der Waals surface area contributed by atoms with Gasteiger partial charge in [0.15, 0.2) is 11.3 Å². The van der Waals surface area contributed by atoms with Gasteiger partial charge in [0.2, 0.25) is 0 Å². The number of methoxy groups -OCH3 is 1. The van der Waals surface area contributed by atoms with Gasteiger partial charge in [-0.2, -0.15) is 5.10 Å². The monoisotopic (exact) mass is 549 g/mol. The number of nitrogens with zero attached hydrogens (tertiary/aromatic N) is 5. The summed E-state index contributed by atoms with van der Waals surface area (Å²) in [6.45, 7) is 11.6. The highest BCUT2D eigenvalue weighted by atomic mass is 16.5. The molecule has 9 nitrogen and oxygen atoms in total. The van der Waals surface area contributed by atoms with Gasteiger partial charge in [0, 0.05) is 44.2 Å². The number of pyridine rings is 1. The standard InChI is InChI=1S/C29H37N5O4.C2H6/c1-3-38-29(35)24-19-25(33-12-10-21(11-13-33)32-14-16-37-17-15-32)26-27(20-6-4-7-20)31-34(28(26)30-24)22-8-5-9-23(18-22)36-2;1-2/h5,8-9,18-21H,3-4,6-7,10-17H2,1-2H3;1-2H3. The molecule has 9 heteroatoms. The van der Waals surface area contributed by atoms with Crippen molar-refractivity contribution in [1.29, 1.82) is 0 Å². The summed E-state index contributed by atoms with van der Waals surface area (Å²) in [6.07, 6.45) is 5.64. The molecule has 2 aliphatic heterocycles. The van der Waals surface area contributed by atoms with Crippen molar-refractivity contribution in [3.63, 3.8) is 0 Å². The van der Waals surface area contributed by atoms with E-state index in [0.29, 0.717) is 29.9 Å². The summed E-state index contributed by atoms with van der Waals surface area (Å²) in [6, 6.07) is 10.4. The van der Waals surface area contributed by atoms with Gasteiger partial charge >= 0.3 is 5.97 Å². The molecule has 0 radical (unpaired) electrons. The molecule has 0 atom stereocenters. The van der Waals surface area contributed by atoms with Gasteiger partial charge in [-0.05, 0) is 50.8 Å². The normalized spacial score (nSPS) is 18.6. The average Bonchev–Trinajstić information content (AvgIpc) is 3.36. The molecule has 1 aliphatic carbocycles. The van der Waals surface area contributed by atoms with E-state index >= 15 is 0 Å². The van der Waals surface area contributed by atoms with Crippen molar-refractivity contribution in [2.75, 3.05) is 58.0 Å². The second-order valence-corrected chi connectivity index (χ2v) is 10.4. The lowest BCUT2D eigenvalue weighted by molar-refractivity contribution is 0.0115. The molecule has 3 aromatic rings. The van der Waals surface area contributed by atoms with Crippen LogP contribution < -0.4 is 9.64 Å². The lowest BCUT2D eigenvalue weighted by atomic mass is 9.82. The molecule has 2 aromatic heterocycles. The van der Waals surface area contributed by atoms with E-state index in [1.807, 2.05) is 55.8 Å². The Hall–Kier alpha value is -3.17. The summed E-state index contributed by atoms with van der Waals surface area (Å²) < 4.78 is 18.3. The van der Waals surface area contributed by atoms with Crippen molar-refractivity contribution < 1.29 is 19.0 Å². The van der Waals surface area contributed by atoms with Crippen LogP contribution in [0.2, 0.25) is 0 Å². The van der Waals surface area contributed by atoms with Crippen LogP contribution in [0.5, 0.6) is 5.75 Å². The van der Waals surface area contributed by atoms with Gasteiger partial charge in [0.25, 0.3) is 0 Å². The molecule has 2 saturated heterocycles.